The van der Waals surface area contributed by atoms with Gasteiger partial charge in [-0.25, -0.2) is 4.28 Å². The number of hydroxylamine groups is 2. The fourth-order valence-electron chi connectivity index (χ4n) is 1.88. The van der Waals surface area contributed by atoms with Crippen LogP contribution in [0.3, 0.4) is 0 Å². The Kier molecular flexibility index (Phi) is 24.6. The van der Waals surface area contributed by atoms with Gasteiger partial charge in [0.25, 0.3) is 0 Å². The van der Waals surface area contributed by atoms with Crippen LogP contribution < -0.4 is 5.32 Å². The summed E-state index contributed by atoms with van der Waals surface area (Å²) in [6.45, 7) is 13.4. The topological polar surface area (TPSA) is 27.7 Å². The molecule has 0 aliphatic carbocycles. The zero-order valence-electron chi connectivity index (χ0n) is 17.6. The fraction of sp³-hybridized carbons (Fsp3) is 0.778. The second-order valence-electron chi connectivity index (χ2n) is 5.01. The molecule has 0 aromatic heterocycles. The molecule has 1 heterocycles. The third kappa shape index (κ3) is 14.0. The van der Waals surface area contributed by atoms with Gasteiger partial charge in [-0.2, -0.15) is 18.6 Å². The SMILES string of the molecule is CC.CC.CCC(C)C(CN(C)OSN(C)C1=CCC=CS1)NC.S. The van der Waals surface area contributed by atoms with Crippen LogP contribution in [0.2, 0.25) is 0 Å². The molecule has 2 atom stereocenters. The maximum Gasteiger partial charge on any atom is 0.136 e. The molecule has 2 unspecified atom stereocenters. The molecule has 0 aromatic carbocycles. The number of nitrogens with zero attached hydrogens (tertiary/aromatic N) is 2. The molecule has 1 aliphatic heterocycles. The summed E-state index contributed by atoms with van der Waals surface area (Å²) in [6, 6.07) is 0.446. The highest BCUT2D eigenvalue weighted by Gasteiger charge is 2.17. The monoisotopic (exact) mass is 411 g/mol. The second-order valence-corrected chi connectivity index (χ2v) is 6.78. The van der Waals surface area contributed by atoms with Crippen LogP contribution in [0.4, 0.5) is 0 Å². The van der Waals surface area contributed by atoms with E-state index in [9.17, 15) is 0 Å². The lowest BCUT2D eigenvalue weighted by atomic mass is 9.99. The number of rotatable bonds is 9. The minimum absolute atomic E-state index is 0. The summed E-state index contributed by atoms with van der Waals surface area (Å²) in [7, 11) is 6.02. The van der Waals surface area contributed by atoms with Crippen LogP contribution in [0.5, 0.6) is 0 Å². The molecule has 0 spiro atoms. The first kappa shape index (κ1) is 30.0. The van der Waals surface area contributed by atoms with Crippen molar-refractivity contribution in [3.63, 3.8) is 0 Å². The van der Waals surface area contributed by atoms with E-state index in [1.54, 1.807) is 11.8 Å². The lowest BCUT2D eigenvalue weighted by Gasteiger charge is -2.28. The maximum atomic E-state index is 5.74. The number of hydrogen-bond donors (Lipinski definition) is 1. The van der Waals surface area contributed by atoms with Crippen LogP contribution >= 0.6 is 37.5 Å². The number of hydrogen-bond acceptors (Lipinski definition) is 6. The Morgan fingerprint density at radius 3 is 2.32 bits per heavy atom. The molecule has 7 heteroatoms. The van der Waals surface area contributed by atoms with Crippen LogP contribution in [-0.2, 0) is 4.28 Å². The summed E-state index contributed by atoms with van der Waals surface area (Å²) in [5.41, 5.74) is 0. The predicted molar refractivity (Wildman–Crippen MR) is 124 cm³/mol. The Labute approximate surface area is 172 Å². The first-order chi connectivity index (χ1) is 11.6. The van der Waals surface area contributed by atoms with Crippen LogP contribution in [0.25, 0.3) is 0 Å². The van der Waals surface area contributed by atoms with Crippen molar-refractivity contribution in [2.24, 2.45) is 5.92 Å². The fourth-order valence-corrected chi connectivity index (χ4v) is 3.22. The number of allylic oxidation sites excluding steroid dienone is 2. The van der Waals surface area contributed by atoms with Gasteiger partial charge < -0.3 is 5.32 Å². The molecular weight excluding hydrogens is 370 g/mol. The Bertz CT molecular complexity index is 342. The smallest absolute Gasteiger partial charge is 0.136 e. The van der Waals surface area contributed by atoms with Crippen LogP contribution in [-0.4, -0.2) is 43.1 Å². The molecule has 1 aliphatic rings. The van der Waals surface area contributed by atoms with E-state index in [1.165, 1.54) is 23.7 Å². The lowest BCUT2D eigenvalue weighted by molar-refractivity contribution is -0.0244. The third-order valence-corrected chi connectivity index (χ3v) is 5.32. The largest absolute Gasteiger partial charge is 0.315 e. The molecule has 0 bridgehead atoms. The summed E-state index contributed by atoms with van der Waals surface area (Å²) in [5.74, 6) is 0.635. The van der Waals surface area contributed by atoms with Crippen molar-refractivity contribution in [3.8, 4) is 0 Å². The van der Waals surface area contributed by atoms with Crippen molar-refractivity contribution in [1.82, 2.24) is 14.7 Å². The van der Waals surface area contributed by atoms with Crippen molar-refractivity contribution < 1.29 is 4.28 Å². The van der Waals surface area contributed by atoms with Gasteiger partial charge in [0.2, 0.25) is 0 Å². The summed E-state index contributed by atoms with van der Waals surface area (Å²) in [4.78, 5) is 0. The molecule has 0 saturated heterocycles. The van der Waals surface area contributed by atoms with E-state index >= 15 is 0 Å². The summed E-state index contributed by atoms with van der Waals surface area (Å²) in [6.07, 6.45) is 6.53. The molecule has 0 amide bonds. The standard InChI is InChI=1S/C14H27N3OS2.2C2H6.H2S/c1-6-12(2)13(15-3)11-16(4)18-20-17(5)14-9-7-8-10-19-14;2*1-2;/h8-10,12-13,15H,6-7,11H2,1-5H3;2*1-2H3;1H2. The van der Waals surface area contributed by atoms with E-state index < -0.39 is 0 Å². The van der Waals surface area contributed by atoms with E-state index in [4.69, 9.17) is 4.28 Å². The van der Waals surface area contributed by atoms with E-state index in [2.05, 4.69) is 41.0 Å². The normalized spacial score (nSPS) is 14.9. The zero-order chi connectivity index (χ0) is 19.0. The average Bonchev–Trinajstić information content (AvgIpc) is 2.67. The zero-order valence-corrected chi connectivity index (χ0v) is 20.3. The minimum Gasteiger partial charge on any atom is -0.315 e. The van der Waals surface area contributed by atoms with Crippen molar-refractivity contribution in [1.29, 1.82) is 0 Å². The first-order valence-corrected chi connectivity index (χ1v) is 10.6. The van der Waals surface area contributed by atoms with Gasteiger partial charge in [-0.3, -0.25) is 4.31 Å². The van der Waals surface area contributed by atoms with E-state index in [0.717, 1.165) is 13.0 Å². The van der Waals surface area contributed by atoms with Crippen LogP contribution in [0.1, 0.15) is 54.4 Å². The van der Waals surface area contributed by atoms with Crippen molar-refractivity contribution in [2.45, 2.75) is 60.4 Å². The Balaban J connectivity index is -0.000000899. The van der Waals surface area contributed by atoms with Crippen LogP contribution in [0, 0.1) is 5.92 Å². The highest BCUT2D eigenvalue weighted by atomic mass is 32.2. The van der Waals surface area contributed by atoms with Crippen LogP contribution in [0.15, 0.2) is 22.6 Å². The minimum atomic E-state index is 0. The Morgan fingerprint density at radius 2 is 1.88 bits per heavy atom. The molecule has 4 nitrogen and oxygen atoms in total. The highest BCUT2D eigenvalue weighted by Crippen LogP contribution is 2.30. The maximum absolute atomic E-state index is 5.74. The Hall–Kier alpha value is 0.210. The molecule has 1 N–H and O–H groups in total. The van der Waals surface area contributed by atoms with E-state index in [-0.39, 0.29) is 13.5 Å². The molecule has 0 radical (unpaired) electrons. The molecule has 1 rings (SSSR count). The number of thioether (sulfide) groups is 1. The van der Waals surface area contributed by atoms with Gasteiger partial charge in [0.1, 0.15) is 12.2 Å². The predicted octanol–water partition coefficient (Wildman–Crippen LogP) is 5.64. The van der Waals surface area contributed by atoms with Gasteiger partial charge in [0.15, 0.2) is 0 Å². The molecule has 152 valence electrons. The van der Waals surface area contributed by atoms with Gasteiger partial charge in [0.05, 0.1) is 5.03 Å². The second kappa shape index (κ2) is 20.5. The number of nitrogens with one attached hydrogen (secondary N) is 1. The van der Waals surface area contributed by atoms with Crippen molar-refractivity contribution in [2.75, 3.05) is 27.7 Å². The average molecular weight is 412 g/mol. The lowest BCUT2D eigenvalue weighted by Crippen LogP contribution is -2.41. The Morgan fingerprint density at radius 1 is 1.28 bits per heavy atom. The molecule has 0 saturated carbocycles. The summed E-state index contributed by atoms with van der Waals surface area (Å²) in [5, 5.41) is 8.61. The first-order valence-electron chi connectivity index (χ1n) is 9.07. The summed E-state index contributed by atoms with van der Waals surface area (Å²) >= 11 is 3.10. The summed E-state index contributed by atoms with van der Waals surface area (Å²) < 4.78 is 7.80. The van der Waals surface area contributed by atoms with E-state index in [0.29, 0.717) is 12.0 Å². The van der Waals surface area contributed by atoms with Gasteiger partial charge in [-0.05, 0) is 30.9 Å². The molecule has 0 aromatic rings. The van der Waals surface area contributed by atoms with Crippen molar-refractivity contribution in [3.05, 3.63) is 22.6 Å². The van der Waals surface area contributed by atoms with Gasteiger partial charge in [-0.15, -0.1) is 0 Å². The molecule has 0 fully saturated rings. The van der Waals surface area contributed by atoms with Gasteiger partial charge in [-0.1, -0.05) is 65.8 Å². The van der Waals surface area contributed by atoms with Gasteiger partial charge >= 0.3 is 0 Å². The quantitative estimate of drug-likeness (QED) is 0.300. The highest BCUT2D eigenvalue weighted by molar-refractivity contribution is 8.06. The van der Waals surface area contributed by atoms with E-state index in [1.807, 2.05) is 53.9 Å². The molecular formula is C18H41N3OS3. The molecule has 25 heavy (non-hydrogen) atoms. The number of likely N-dealkylation sites (N-methyl/N-ethyl adjacent to an activating group) is 2. The third-order valence-electron chi connectivity index (χ3n) is 3.45. The van der Waals surface area contributed by atoms with Crippen molar-refractivity contribution >= 4 is 37.5 Å². The van der Waals surface area contributed by atoms with Gasteiger partial charge in [0, 0.05) is 26.7 Å².